The molecule has 0 saturated heterocycles. The molecule has 1 heterocycles. The fourth-order valence-corrected chi connectivity index (χ4v) is 4.28. The Morgan fingerprint density at radius 2 is 1.71 bits per heavy atom. The maximum Gasteiger partial charge on any atom is 0.266 e. The van der Waals surface area contributed by atoms with Crippen LogP contribution in [0.1, 0.15) is 46.7 Å². The van der Waals surface area contributed by atoms with E-state index in [1.54, 1.807) is 22.6 Å². The molecule has 1 unspecified atom stereocenters. The molecule has 4 rings (SSSR count). The van der Waals surface area contributed by atoms with E-state index in [1.807, 2.05) is 87.5 Å². The van der Waals surface area contributed by atoms with Crippen molar-refractivity contribution in [1.82, 2.24) is 14.5 Å². The number of para-hydroxylation sites is 1. The Morgan fingerprint density at radius 3 is 2.43 bits per heavy atom. The predicted octanol–water partition coefficient (Wildman–Crippen LogP) is 5.24. The number of carbonyl (C=O) groups excluding carboxylic acids is 1. The number of carbonyl (C=O) groups is 1. The van der Waals surface area contributed by atoms with Crippen LogP contribution in [0, 0.1) is 13.8 Å². The summed E-state index contributed by atoms with van der Waals surface area (Å²) in [5.74, 6) is 0.418. The highest BCUT2D eigenvalue weighted by Crippen LogP contribution is 2.25. The van der Waals surface area contributed by atoms with Crippen LogP contribution in [0.4, 0.5) is 0 Å². The second kappa shape index (κ2) is 10.7. The van der Waals surface area contributed by atoms with Crippen LogP contribution in [0.2, 0.25) is 0 Å². The van der Waals surface area contributed by atoms with Gasteiger partial charge in [-0.1, -0.05) is 36.4 Å². The smallest absolute Gasteiger partial charge is 0.266 e. The summed E-state index contributed by atoms with van der Waals surface area (Å²) in [6.07, 6.45) is 0.668. The van der Waals surface area contributed by atoms with Crippen molar-refractivity contribution in [1.29, 1.82) is 0 Å². The summed E-state index contributed by atoms with van der Waals surface area (Å²) in [6.45, 7) is 7.00. The Kier molecular flexibility index (Phi) is 7.42. The molecule has 1 amide bonds. The Labute approximate surface area is 205 Å². The molecule has 1 aromatic heterocycles. The first-order valence-electron chi connectivity index (χ1n) is 11.9. The highest BCUT2D eigenvalue weighted by atomic mass is 16.5. The molecule has 0 aliphatic rings. The number of fused-ring (bicyclic) bond motifs is 1. The van der Waals surface area contributed by atoms with Gasteiger partial charge >= 0.3 is 0 Å². The minimum atomic E-state index is -0.460. The quantitative estimate of drug-likeness (QED) is 0.331. The minimum absolute atomic E-state index is 0.108. The highest BCUT2D eigenvalue weighted by Gasteiger charge is 2.27. The molecule has 6 heteroatoms. The maximum absolute atomic E-state index is 13.8. The number of aromatic nitrogens is 2. The molecule has 0 radical (unpaired) electrons. The number of nitrogens with zero attached hydrogens (tertiary/aromatic N) is 3. The van der Waals surface area contributed by atoms with Crippen LogP contribution in [0.5, 0.6) is 0 Å². The lowest BCUT2D eigenvalue weighted by Crippen LogP contribution is -2.38. The van der Waals surface area contributed by atoms with Crippen LogP contribution in [0.3, 0.4) is 0 Å². The van der Waals surface area contributed by atoms with E-state index in [2.05, 4.69) is 0 Å². The van der Waals surface area contributed by atoms with Gasteiger partial charge in [-0.3, -0.25) is 14.2 Å². The number of methoxy groups -OCH3 is 1. The number of rotatable bonds is 8. The predicted molar refractivity (Wildman–Crippen MR) is 139 cm³/mol. The monoisotopic (exact) mass is 469 g/mol. The lowest BCUT2D eigenvalue weighted by atomic mass is 10.1. The summed E-state index contributed by atoms with van der Waals surface area (Å²) in [5, 5.41) is 0.544. The zero-order valence-electron chi connectivity index (χ0n) is 20.7. The van der Waals surface area contributed by atoms with E-state index >= 15 is 0 Å². The van der Waals surface area contributed by atoms with Gasteiger partial charge in [-0.25, -0.2) is 4.98 Å². The lowest BCUT2D eigenvalue weighted by Gasteiger charge is -2.31. The van der Waals surface area contributed by atoms with Gasteiger partial charge in [0.25, 0.3) is 11.5 Å². The molecule has 0 fully saturated rings. The topological polar surface area (TPSA) is 64.4 Å². The molecule has 0 aliphatic heterocycles. The summed E-state index contributed by atoms with van der Waals surface area (Å²) in [7, 11) is 1.65. The van der Waals surface area contributed by atoms with E-state index in [4.69, 9.17) is 9.72 Å². The van der Waals surface area contributed by atoms with E-state index in [-0.39, 0.29) is 11.5 Å². The average Bonchev–Trinajstić information content (AvgIpc) is 2.88. The largest absolute Gasteiger partial charge is 0.385 e. The molecule has 3 aromatic carbocycles. The molecule has 6 nitrogen and oxygen atoms in total. The van der Waals surface area contributed by atoms with Gasteiger partial charge in [0.15, 0.2) is 0 Å². The first-order chi connectivity index (χ1) is 16.9. The third-order valence-electron chi connectivity index (χ3n) is 6.42. The second-order valence-corrected chi connectivity index (χ2v) is 8.78. The van der Waals surface area contributed by atoms with Gasteiger partial charge in [0.05, 0.1) is 22.6 Å². The van der Waals surface area contributed by atoms with Crippen LogP contribution in [-0.4, -0.2) is 40.6 Å². The van der Waals surface area contributed by atoms with Crippen LogP contribution in [0.25, 0.3) is 16.6 Å². The molecular formula is C29H31N3O3. The van der Waals surface area contributed by atoms with Gasteiger partial charge in [-0.15, -0.1) is 0 Å². The van der Waals surface area contributed by atoms with Crippen molar-refractivity contribution in [2.45, 2.75) is 33.2 Å². The number of amides is 1. The minimum Gasteiger partial charge on any atom is -0.385 e. The second-order valence-electron chi connectivity index (χ2n) is 8.78. The zero-order chi connectivity index (χ0) is 24.9. The first-order valence-corrected chi connectivity index (χ1v) is 11.9. The Balaban J connectivity index is 1.90. The summed E-state index contributed by atoms with van der Waals surface area (Å²) in [6, 6.07) is 22.0. The van der Waals surface area contributed by atoms with Crippen molar-refractivity contribution >= 4 is 16.8 Å². The van der Waals surface area contributed by atoms with Crippen molar-refractivity contribution < 1.29 is 9.53 Å². The van der Waals surface area contributed by atoms with E-state index in [1.165, 1.54) is 0 Å². The number of benzene rings is 3. The number of aryl methyl sites for hydroxylation is 2. The number of hydrogen-bond acceptors (Lipinski definition) is 4. The van der Waals surface area contributed by atoms with Crippen molar-refractivity contribution in [3.8, 4) is 5.69 Å². The fraction of sp³-hybridized carbons (Fsp3) is 0.276. The molecule has 1 atom stereocenters. The molecule has 0 saturated carbocycles. The molecule has 35 heavy (non-hydrogen) atoms. The average molecular weight is 470 g/mol. The van der Waals surface area contributed by atoms with Crippen molar-refractivity contribution in [2.75, 3.05) is 20.3 Å². The molecule has 0 bridgehead atoms. The summed E-state index contributed by atoms with van der Waals surface area (Å²) < 4.78 is 6.90. The Bertz CT molecular complexity index is 1400. The van der Waals surface area contributed by atoms with Gasteiger partial charge < -0.3 is 9.64 Å². The Morgan fingerprint density at radius 1 is 1.00 bits per heavy atom. The first kappa shape index (κ1) is 24.4. The van der Waals surface area contributed by atoms with Crippen molar-refractivity contribution in [3.05, 3.63) is 106 Å². The van der Waals surface area contributed by atoms with E-state index in [0.29, 0.717) is 41.9 Å². The third kappa shape index (κ3) is 5.03. The zero-order valence-corrected chi connectivity index (χ0v) is 20.7. The van der Waals surface area contributed by atoms with Crippen LogP contribution in [-0.2, 0) is 4.74 Å². The van der Waals surface area contributed by atoms with Crippen LogP contribution < -0.4 is 5.56 Å². The van der Waals surface area contributed by atoms with E-state index in [0.717, 1.165) is 16.8 Å². The van der Waals surface area contributed by atoms with Gasteiger partial charge in [0, 0.05) is 25.8 Å². The molecule has 0 N–H and O–H groups in total. The normalized spacial score (nSPS) is 12.0. The van der Waals surface area contributed by atoms with Gasteiger partial charge in [0.2, 0.25) is 0 Å². The Hall–Kier alpha value is -3.77. The molecule has 4 aromatic rings. The highest BCUT2D eigenvalue weighted by molar-refractivity contribution is 5.94. The summed E-state index contributed by atoms with van der Waals surface area (Å²) in [5.41, 5.74) is 4.03. The van der Waals surface area contributed by atoms with Gasteiger partial charge in [-0.05, 0) is 74.7 Å². The standard InChI is InChI=1S/C29H31N3O3/c1-20-15-16-24(19-21(20)2)32-27(30-26-14-9-8-13-25(26)29(32)34)22(3)31(17-10-18-35-4)28(33)23-11-6-5-7-12-23/h5-9,11-16,19,22H,10,17-18H2,1-4H3. The molecule has 180 valence electrons. The maximum atomic E-state index is 13.8. The number of hydrogen-bond donors (Lipinski definition) is 0. The van der Waals surface area contributed by atoms with E-state index < -0.39 is 6.04 Å². The van der Waals surface area contributed by atoms with Crippen LogP contribution in [0.15, 0.2) is 77.6 Å². The summed E-state index contributed by atoms with van der Waals surface area (Å²) >= 11 is 0. The third-order valence-corrected chi connectivity index (χ3v) is 6.42. The fourth-order valence-electron chi connectivity index (χ4n) is 4.28. The van der Waals surface area contributed by atoms with E-state index in [9.17, 15) is 9.59 Å². The van der Waals surface area contributed by atoms with Gasteiger partial charge in [0.1, 0.15) is 5.82 Å². The van der Waals surface area contributed by atoms with Crippen molar-refractivity contribution in [3.63, 3.8) is 0 Å². The SMILES string of the molecule is COCCCN(C(=O)c1ccccc1)C(C)c1nc2ccccc2c(=O)n1-c1ccc(C)c(C)c1. The lowest BCUT2D eigenvalue weighted by molar-refractivity contribution is 0.0657. The van der Waals surface area contributed by atoms with Crippen molar-refractivity contribution in [2.24, 2.45) is 0 Å². The molecule has 0 spiro atoms. The molecular weight excluding hydrogens is 438 g/mol. The van der Waals surface area contributed by atoms with Crippen LogP contribution >= 0.6 is 0 Å². The van der Waals surface area contributed by atoms with Gasteiger partial charge in [-0.2, -0.15) is 0 Å². The molecule has 0 aliphatic carbocycles. The number of ether oxygens (including phenoxy) is 1. The summed E-state index contributed by atoms with van der Waals surface area (Å²) in [4.78, 5) is 34.1.